The topological polar surface area (TPSA) is 94.2 Å². The molecule has 3 aromatic carbocycles. The second-order valence-corrected chi connectivity index (χ2v) is 9.28. The lowest BCUT2D eigenvalue weighted by molar-refractivity contribution is -0.151. The molecule has 0 spiro atoms. The van der Waals surface area contributed by atoms with Crippen molar-refractivity contribution in [1.82, 2.24) is 0 Å². The molecule has 0 aliphatic carbocycles. The highest BCUT2D eigenvalue weighted by Gasteiger charge is 2.36. The van der Waals surface area contributed by atoms with Crippen molar-refractivity contribution in [3.05, 3.63) is 76.2 Å². The summed E-state index contributed by atoms with van der Waals surface area (Å²) in [4.78, 5) is 38.7. The molecule has 3 aromatic rings. The number of anilines is 2. The van der Waals surface area contributed by atoms with Crippen molar-refractivity contribution in [3.63, 3.8) is 0 Å². The van der Waals surface area contributed by atoms with Crippen LogP contribution in [0.15, 0.2) is 71.2 Å². The summed E-state index contributed by atoms with van der Waals surface area (Å²) in [5.74, 6) is -0.0290. The molecule has 1 fully saturated rings. The minimum Gasteiger partial charge on any atom is -0.497 e. The van der Waals surface area contributed by atoms with Crippen LogP contribution in [0.3, 0.4) is 0 Å². The SMILES string of the molecule is COc1ccc(Oc2ccc(N3C[C@H](C(=O)OCC(=O)Nc4ccc(Br)cc4Cl)CC3=O)cc2)cc1. The summed E-state index contributed by atoms with van der Waals surface area (Å²) in [7, 11) is 1.59. The third-order valence-electron chi connectivity index (χ3n) is 5.45. The van der Waals surface area contributed by atoms with Gasteiger partial charge in [0.15, 0.2) is 6.61 Å². The van der Waals surface area contributed by atoms with E-state index in [1.165, 1.54) is 4.90 Å². The van der Waals surface area contributed by atoms with Crippen LogP contribution < -0.4 is 19.7 Å². The van der Waals surface area contributed by atoms with E-state index < -0.39 is 24.4 Å². The van der Waals surface area contributed by atoms with E-state index in [9.17, 15) is 14.4 Å². The van der Waals surface area contributed by atoms with Crippen LogP contribution in [-0.4, -0.2) is 38.0 Å². The van der Waals surface area contributed by atoms with Gasteiger partial charge in [-0.25, -0.2) is 0 Å². The molecule has 1 saturated heterocycles. The van der Waals surface area contributed by atoms with Crippen molar-refractivity contribution in [3.8, 4) is 17.2 Å². The van der Waals surface area contributed by atoms with Gasteiger partial charge in [-0.05, 0) is 66.7 Å². The summed E-state index contributed by atoms with van der Waals surface area (Å²) in [6.07, 6.45) is 0.00307. The minimum atomic E-state index is -0.670. The Labute approximate surface area is 221 Å². The quantitative estimate of drug-likeness (QED) is 0.361. The fraction of sp³-hybridized carbons (Fsp3) is 0.192. The fourth-order valence-corrected chi connectivity index (χ4v) is 4.34. The molecule has 8 nitrogen and oxygen atoms in total. The van der Waals surface area contributed by atoms with E-state index in [2.05, 4.69) is 21.2 Å². The lowest BCUT2D eigenvalue weighted by atomic mass is 10.1. The van der Waals surface area contributed by atoms with Gasteiger partial charge in [0, 0.05) is 23.1 Å². The number of halogens is 2. The molecule has 2 amide bonds. The molecule has 1 heterocycles. The Morgan fingerprint density at radius 3 is 2.31 bits per heavy atom. The molecule has 0 bridgehead atoms. The zero-order valence-electron chi connectivity index (χ0n) is 19.2. The Hall–Kier alpha value is -3.56. The Kier molecular flexibility index (Phi) is 8.12. The number of hydrogen-bond donors (Lipinski definition) is 1. The molecule has 10 heteroatoms. The third-order valence-corrected chi connectivity index (χ3v) is 6.26. The zero-order valence-corrected chi connectivity index (χ0v) is 21.5. The zero-order chi connectivity index (χ0) is 25.7. The summed E-state index contributed by atoms with van der Waals surface area (Å²) < 4.78 is 16.9. The third kappa shape index (κ3) is 6.35. The molecule has 1 atom stereocenters. The van der Waals surface area contributed by atoms with Crippen molar-refractivity contribution in [2.24, 2.45) is 5.92 Å². The van der Waals surface area contributed by atoms with Crippen LogP contribution in [-0.2, 0) is 19.1 Å². The highest BCUT2D eigenvalue weighted by molar-refractivity contribution is 9.10. The molecule has 36 heavy (non-hydrogen) atoms. The van der Waals surface area contributed by atoms with Crippen LogP contribution in [0.5, 0.6) is 17.2 Å². The molecule has 0 unspecified atom stereocenters. The highest BCUT2D eigenvalue weighted by Crippen LogP contribution is 2.30. The average Bonchev–Trinajstić information content (AvgIpc) is 3.27. The smallest absolute Gasteiger partial charge is 0.311 e. The number of nitrogens with one attached hydrogen (secondary N) is 1. The van der Waals surface area contributed by atoms with Crippen LogP contribution >= 0.6 is 27.5 Å². The number of amides is 2. The number of nitrogens with zero attached hydrogens (tertiary/aromatic N) is 1. The van der Waals surface area contributed by atoms with Crippen molar-refractivity contribution in [2.75, 3.05) is 30.5 Å². The van der Waals surface area contributed by atoms with Gasteiger partial charge in [-0.3, -0.25) is 14.4 Å². The Morgan fingerprint density at radius 2 is 1.67 bits per heavy atom. The summed E-state index contributed by atoms with van der Waals surface area (Å²) >= 11 is 9.37. The number of hydrogen-bond acceptors (Lipinski definition) is 6. The normalized spacial score (nSPS) is 14.9. The van der Waals surface area contributed by atoms with Gasteiger partial charge in [0.2, 0.25) is 5.91 Å². The number of benzene rings is 3. The van der Waals surface area contributed by atoms with Gasteiger partial charge >= 0.3 is 5.97 Å². The molecule has 4 rings (SSSR count). The molecule has 0 aromatic heterocycles. The summed E-state index contributed by atoms with van der Waals surface area (Å²) in [5, 5.41) is 2.94. The number of methoxy groups -OCH3 is 1. The molecule has 1 N–H and O–H groups in total. The fourth-order valence-electron chi connectivity index (χ4n) is 3.62. The lowest BCUT2D eigenvalue weighted by Gasteiger charge is -2.17. The first-order valence-corrected chi connectivity index (χ1v) is 12.1. The number of carbonyl (C=O) groups excluding carboxylic acids is 3. The number of carbonyl (C=O) groups is 3. The molecule has 1 aliphatic rings. The molecular weight excluding hydrogens is 552 g/mol. The summed E-state index contributed by atoms with van der Waals surface area (Å²) in [5.41, 5.74) is 1.04. The van der Waals surface area contributed by atoms with Crippen LogP contribution in [0.4, 0.5) is 11.4 Å². The van der Waals surface area contributed by atoms with Gasteiger partial charge in [0.25, 0.3) is 5.91 Å². The predicted molar refractivity (Wildman–Crippen MR) is 139 cm³/mol. The maximum absolute atomic E-state index is 12.5. The van der Waals surface area contributed by atoms with E-state index in [1.807, 2.05) is 0 Å². The van der Waals surface area contributed by atoms with E-state index in [-0.39, 0.29) is 18.9 Å². The van der Waals surface area contributed by atoms with E-state index in [1.54, 1.807) is 73.8 Å². The Morgan fingerprint density at radius 1 is 1.03 bits per heavy atom. The van der Waals surface area contributed by atoms with E-state index in [4.69, 9.17) is 25.8 Å². The van der Waals surface area contributed by atoms with E-state index in [0.717, 1.165) is 10.2 Å². The van der Waals surface area contributed by atoms with Gasteiger partial charge in [0.05, 0.1) is 23.7 Å². The number of esters is 1. The van der Waals surface area contributed by atoms with Gasteiger partial charge in [-0.2, -0.15) is 0 Å². The molecule has 0 saturated carbocycles. The Balaban J connectivity index is 1.29. The van der Waals surface area contributed by atoms with Gasteiger partial charge < -0.3 is 24.4 Å². The molecule has 1 aliphatic heterocycles. The maximum Gasteiger partial charge on any atom is 0.311 e. The minimum absolute atomic E-state index is 0.00307. The summed E-state index contributed by atoms with van der Waals surface area (Å²) in [6, 6.07) is 19.2. The van der Waals surface area contributed by atoms with Crippen LogP contribution in [0.1, 0.15) is 6.42 Å². The van der Waals surface area contributed by atoms with Gasteiger partial charge in [-0.1, -0.05) is 27.5 Å². The van der Waals surface area contributed by atoms with Crippen LogP contribution in [0, 0.1) is 5.92 Å². The molecule has 0 radical (unpaired) electrons. The van der Waals surface area contributed by atoms with Crippen molar-refractivity contribution in [2.45, 2.75) is 6.42 Å². The second-order valence-electron chi connectivity index (χ2n) is 7.96. The maximum atomic E-state index is 12.5. The van der Waals surface area contributed by atoms with Crippen molar-refractivity contribution >= 4 is 56.7 Å². The second kappa shape index (κ2) is 11.5. The monoisotopic (exact) mass is 572 g/mol. The molecular formula is C26H22BrClN2O6. The van der Waals surface area contributed by atoms with Gasteiger partial charge in [-0.15, -0.1) is 0 Å². The Bertz CT molecular complexity index is 1270. The predicted octanol–water partition coefficient (Wildman–Crippen LogP) is 5.44. The lowest BCUT2D eigenvalue weighted by Crippen LogP contribution is -2.28. The summed E-state index contributed by atoms with van der Waals surface area (Å²) in [6.45, 7) is -0.316. The van der Waals surface area contributed by atoms with Gasteiger partial charge in [0.1, 0.15) is 17.2 Å². The first-order chi connectivity index (χ1) is 17.3. The standard InChI is InChI=1S/C26H22BrClN2O6/c1-34-19-7-9-21(10-8-19)36-20-5-3-18(4-6-20)30-14-16(12-25(30)32)26(33)35-15-24(31)29-23-11-2-17(27)13-22(23)28/h2-11,13,16H,12,14-15H2,1H3,(H,29,31)/t16-/m1/s1. The van der Waals surface area contributed by atoms with Crippen molar-refractivity contribution < 1.29 is 28.6 Å². The first kappa shape index (κ1) is 25.5. The first-order valence-electron chi connectivity index (χ1n) is 11.0. The van der Waals surface area contributed by atoms with Crippen LogP contribution in [0.2, 0.25) is 5.02 Å². The largest absolute Gasteiger partial charge is 0.497 e. The highest BCUT2D eigenvalue weighted by atomic mass is 79.9. The molecule has 186 valence electrons. The van der Waals surface area contributed by atoms with E-state index >= 15 is 0 Å². The van der Waals surface area contributed by atoms with Crippen LogP contribution in [0.25, 0.3) is 0 Å². The average molecular weight is 574 g/mol. The van der Waals surface area contributed by atoms with Crippen molar-refractivity contribution in [1.29, 1.82) is 0 Å². The van der Waals surface area contributed by atoms with E-state index in [0.29, 0.717) is 27.9 Å². The number of ether oxygens (including phenoxy) is 3. The number of rotatable bonds is 8.